The summed E-state index contributed by atoms with van der Waals surface area (Å²) in [5, 5.41) is 0. The van der Waals surface area contributed by atoms with Crippen LogP contribution < -0.4 is 0 Å². The normalized spacial score (nSPS) is 12.2. The van der Waals surface area contributed by atoms with Crippen molar-refractivity contribution in [2.24, 2.45) is 0 Å². The highest BCUT2D eigenvalue weighted by Crippen LogP contribution is 2.28. The van der Waals surface area contributed by atoms with Gasteiger partial charge in [-0.05, 0) is 30.0 Å². The Bertz CT molecular complexity index is 667. The van der Waals surface area contributed by atoms with Gasteiger partial charge in [-0.1, -0.05) is 91.0 Å². The Hall–Kier alpha value is -2.38. The third-order valence-corrected chi connectivity index (χ3v) is 4.45. The summed E-state index contributed by atoms with van der Waals surface area (Å²) in [5.41, 5.74) is 3.92. The van der Waals surface area contributed by atoms with Crippen molar-refractivity contribution in [1.82, 2.24) is 0 Å². The van der Waals surface area contributed by atoms with Gasteiger partial charge < -0.3 is 4.74 Å². The first-order chi connectivity index (χ1) is 11.8. The molecule has 3 aromatic rings. The van der Waals surface area contributed by atoms with Crippen LogP contribution in [0.3, 0.4) is 0 Å². The van der Waals surface area contributed by atoms with E-state index in [1.165, 1.54) is 16.7 Å². The fraction of sp³-hybridized carbons (Fsp3) is 0.217. The SMILES string of the molecule is CC(OCCC(c1ccccc1)c1ccccc1)c1ccccc1. The molecule has 1 atom stereocenters. The van der Waals surface area contributed by atoms with Gasteiger partial charge in [0.15, 0.2) is 0 Å². The van der Waals surface area contributed by atoms with Gasteiger partial charge in [0, 0.05) is 12.5 Å². The standard InChI is InChI=1S/C23H24O/c1-19(20-11-5-2-6-12-20)24-18-17-23(21-13-7-3-8-14-21)22-15-9-4-10-16-22/h2-16,19,23H,17-18H2,1H3. The van der Waals surface area contributed by atoms with Crippen molar-refractivity contribution < 1.29 is 4.74 Å². The maximum Gasteiger partial charge on any atom is 0.0796 e. The highest BCUT2D eigenvalue weighted by Gasteiger charge is 2.14. The second kappa shape index (κ2) is 8.47. The van der Waals surface area contributed by atoms with E-state index in [-0.39, 0.29) is 6.10 Å². The molecule has 0 aliphatic rings. The van der Waals surface area contributed by atoms with E-state index in [1.807, 2.05) is 6.07 Å². The predicted molar refractivity (Wildman–Crippen MR) is 100 cm³/mol. The van der Waals surface area contributed by atoms with Crippen LogP contribution in [-0.4, -0.2) is 6.61 Å². The maximum atomic E-state index is 6.10. The molecular weight excluding hydrogens is 292 g/mol. The Morgan fingerprint density at radius 2 is 1.04 bits per heavy atom. The van der Waals surface area contributed by atoms with Crippen molar-refractivity contribution in [1.29, 1.82) is 0 Å². The minimum Gasteiger partial charge on any atom is -0.374 e. The molecule has 1 nitrogen and oxygen atoms in total. The molecule has 0 aliphatic heterocycles. The molecule has 1 unspecified atom stereocenters. The van der Waals surface area contributed by atoms with Gasteiger partial charge >= 0.3 is 0 Å². The molecule has 0 aromatic heterocycles. The van der Waals surface area contributed by atoms with Crippen LogP contribution in [0.5, 0.6) is 0 Å². The molecule has 0 bridgehead atoms. The summed E-state index contributed by atoms with van der Waals surface area (Å²) < 4.78 is 6.10. The number of benzene rings is 3. The van der Waals surface area contributed by atoms with E-state index in [0.29, 0.717) is 5.92 Å². The zero-order valence-corrected chi connectivity index (χ0v) is 14.1. The van der Waals surface area contributed by atoms with Gasteiger partial charge in [-0.2, -0.15) is 0 Å². The van der Waals surface area contributed by atoms with E-state index in [0.717, 1.165) is 13.0 Å². The predicted octanol–water partition coefficient (Wildman–Crippen LogP) is 5.99. The third-order valence-electron chi connectivity index (χ3n) is 4.45. The lowest BCUT2D eigenvalue weighted by molar-refractivity contribution is 0.0621. The van der Waals surface area contributed by atoms with Crippen molar-refractivity contribution in [3.63, 3.8) is 0 Å². The van der Waals surface area contributed by atoms with E-state index >= 15 is 0 Å². The highest BCUT2D eigenvalue weighted by molar-refractivity contribution is 5.32. The number of hydrogen-bond donors (Lipinski definition) is 0. The van der Waals surface area contributed by atoms with Crippen molar-refractivity contribution in [2.45, 2.75) is 25.4 Å². The zero-order chi connectivity index (χ0) is 16.6. The Balaban J connectivity index is 1.67. The molecule has 0 radical (unpaired) electrons. The van der Waals surface area contributed by atoms with Crippen molar-refractivity contribution in [3.05, 3.63) is 108 Å². The summed E-state index contributed by atoms with van der Waals surface area (Å²) in [7, 11) is 0. The molecule has 24 heavy (non-hydrogen) atoms. The van der Waals surface area contributed by atoms with Crippen molar-refractivity contribution in [3.8, 4) is 0 Å². The van der Waals surface area contributed by atoms with Crippen LogP contribution in [0, 0.1) is 0 Å². The van der Waals surface area contributed by atoms with Crippen LogP contribution in [0.4, 0.5) is 0 Å². The van der Waals surface area contributed by atoms with Gasteiger partial charge in [-0.3, -0.25) is 0 Å². The molecule has 0 heterocycles. The summed E-state index contributed by atoms with van der Waals surface area (Å²) in [6.45, 7) is 2.86. The molecule has 0 amide bonds. The van der Waals surface area contributed by atoms with Gasteiger partial charge in [0.05, 0.1) is 6.10 Å². The summed E-state index contributed by atoms with van der Waals surface area (Å²) >= 11 is 0. The summed E-state index contributed by atoms with van der Waals surface area (Å²) in [5.74, 6) is 0.371. The van der Waals surface area contributed by atoms with E-state index in [2.05, 4.69) is 91.9 Å². The first kappa shape index (κ1) is 16.5. The summed E-state index contributed by atoms with van der Waals surface area (Å²) in [4.78, 5) is 0. The molecule has 0 aliphatic carbocycles. The Morgan fingerprint density at radius 1 is 0.625 bits per heavy atom. The Kier molecular flexibility index (Phi) is 5.81. The topological polar surface area (TPSA) is 9.23 Å². The molecule has 0 spiro atoms. The van der Waals surface area contributed by atoms with Crippen LogP contribution in [0.25, 0.3) is 0 Å². The molecule has 0 fully saturated rings. The third kappa shape index (κ3) is 4.33. The first-order valence-electron chi connectivity index (χ1n) is 8.61. The molecule has 0 saturated carbocycles. The van der Waals surface area contributed by atoms with Crippen molar-refractivity contribution >= 4 is 0 Å². The average Bonchev–Trinajstić information content (AvgIpc) is 2.67. The summed E-state index contributed by atoms with van der Waals surface area (Å²) in [6.07, 6.45) is 1.10. The lowest BCUT2D eigenvalue weighted by Crippen LogP contribution is -2.08. The van der Waals surface area contributed by atoms with Gasteiger partial charge in [-0.25, -0.2) is 0 Å². The number of rotatable bonds is 7. The minimum absolute atomic E-state index is 0.124. The molecule has 3 aromatic carbocycles. The smallest absolute Gasteiger partial charge is 0.0796 e. The van der Waals surface area contributed by atoms with E-state index in [4.69, 9.17) is 4.74 Å². The molecule has 122 valence electrons. The van der Waals surface area contributed by atoms with Crippen LogP contribution in [-0.2, 0) is 4.74 Å². The average molecular weight is 316 g/mol. The summed E-state index contributed by atoms with van der Waals surface area (Å²) in [6, 6.07) is 31.8. The van der Waals surface area contributed by atoms with Gasteiger partial charge in [-0.15, -0.1) is 0 Å². The highest BCUT2D eigenvalue weighted by atomic mass is 16.5. The molecule has 1 heteroatoms. The van der Waals surface area contributed by atoms with Gasteiger partial charge in [0.25, 0.3) is 0 Å². The lowest BCUT2D eigenvalue weighted by Gasteiger charge is -2.20. The van der Waals surface area contributed by atoms with Crippen LogP contribution in [0.1, 0.15) is 42.1 Å². The monoisotopic (exact) mass is 316 g/mol. The minimum atomic E-state index is 0.124. The largest absolute Gasteiger partial charge is 0.374 e. The zero-order valence-electron chi connectivity index (χ0n) is 14.1. The number of hydrogen-bond acceptors (Lipinski definition) is 1. The van der Waals surface area contributed by atoms with E-state index in [1.54, 1.807) is 0 Å². The van der Waals surface area contributed by atoms with Gasteiger partial charge in [0.2, 0.25) is 0 Å². The number of ether oxygens (including phenoxy) is 1. The first-order valence-corrected chi connectivity index (χ1v) is 8.61. The maximum absolute atomic E-state index is 6.10. The van der Waals surface area contributed by atoms with Crippen LogP contribution in [0.15, 0.2) is 91.0 Å². The Morgan fingerprint density at radius 3 is 1.50 bits per heavy atom. The van der Waals surface area contributed by atoms with Crippen molar-refractivity contribution in [2.75, 3.05) is 6.61 Å². The molecule has 0 N–H and O–H groups in total. The second-order valence-corrected chi connectivity index (χ2v) is 6.09. The molecular formula is C23H24O. The van der Waals surface area contributed by atoms with Crippen LogP contribution >= 0.6 is 0 Å². The quantitative estimate of drug-likeness (QED) is 0.520. The van der Waals surface area contributed by atoms with Crippen LogP contribution in [0.2, 0.25) is 0 Å². The second-order valence-electron chi connectivity index (χ2n) is 6.09. The lowest BCUT2D eigenvalue weighted by atomic mass is 9.89. The molecule has 3 rings (SSSR count). The fourth-order valence-electron chi connectivity index (χ4n) is 3.08. The van der Waals surface area contributed by atoms with Gasteiger partial charge in [0.1, 0.15) is 0 Å². The van der Waals surface area contributed by atoms with E-state index in [9.17, 15) is 0 Å². The molecule has 0 saturated heterocycles. The van der Waals surface area contributed by atoms with E-state index < -0.39 is 0 Å². The fourth-order valence-corrected chi connectivity index (χ4v) is 3.08. The Labute approximate surface area is 144 Å².